The number of benzene rings is 1. The Kier molecular flexibility index (Phi) is 11.7. The predicted octanol–water partition coefficient (Wildman–Crippen LogP) is 7.27. The molecule has 0 saturated carbocycles. The topological polar surface area (TPSA) is 131 Å². The number of aromatic nitrogens is 3. The van der Waals surface area contributed by atoms with E-state index in [4.69, 9.17) is 23.9 Å². The Labute approximate surface area is 271 Å². The van der Waals surface area contributed by atoms with Gasteiger partial charge < -0.3 is 24.3 Å². The maximum Gasteiger partial charge on any atom is 0.420 e. The van der Waals surface area contributed by atoms with Crippen LogP contribution in [0.1, 0.15) is 85.7 Å². The summed E-state index contributed by atoms with van der Waals surface area (Å²) in [5.41, 5.74) is -0.374. The molecular formula is C35H48N4O7. The number of fused-ring (bicyclic) bond motifs is 1. The van der Waals surface area contributed by atoms with Crippen LogP contribution in [0.2, 0.25) is 0 Å². The summed E-state index contributed by atoms with van der Waals surface area (Å²) in [5.74, 6) is 0.825. The molecule has 0 radical (unpaired) electrons. The number of hydrogen-bond acceptors (Lipinski definition) is 9. The van der Waals surface area contributed by atoms with Crippen molar-refractivity contribution < 1.29 is 33.3 Å². The summed E-state index contributed by atoms with van der Waals surface area (Å²) >= 11 is 0. The number of pyridine rings is 1. The van der Waals surface area contributed by atoms with E-state index in [1.807, 2.05) is 50.3 Å². The highest BCUT2D eigenvalue weighted by Gasteiger charge is 2.41. The van der Waals surface area contributed by atoms with E-state index in [0.29, 0.717) is 36.3 Å². The van der Waals surface area contributed by atoms with Gasteiger partial charge in [-0.15, -0.1) is 0 Å². The van der Waals surface area contributed by atoms with Gasteiger partial charge in [0.2, 0.25) is 0 Å². The molecule has 46 heavy (non-hydrogen) atoms. The third-order valence-corrected chi connectivity index (χ3v) is 6.90. The smallest absolute Gasteiger partial charge is 0.420 e. The lowest BCUT2D eigenvalue weighted by Gasteiger charge is -2.34. The number of carbonyl (C=O) groups is 3. The van der Waals surface area contributed by atoms with Crippen LogP contribution < -0.4 is 10.1 Å². The molecule has 11 nitrogen and oxygen atoms in total. The number of carbonyl (C=O) groups excluding carboxylic acids is 3. The van der Waals surface area contributed by atoms with Crippen molar-refractivity contribution in [1.29, 1.82) is 0 Å². The van der Waals surface area contributed by atoms with Crippen molar-refractivity contribution in [2.24, 2.45) is 0 Å². The lowest BCUT2D eigenvalue weighted by Crippen LogP contribution is -2.52. The van der Waals surface area contributed by atoms with Crippen molar-refractivity contribution in [3.05, 3.63) is 54.1 Å². The first-order chi connectivity index (χ1) is 21.5. The van der Waals surface area contributed by atoms with E-state index in [1.54, 1.807) is 54.8 Å². The average Bonchev–Trinajstić information content (AvgIpc) is 3.40. The molecule has 0 bridgehead atoms. The second-order valence-electron chi connectivity index (χ2n) is 13.2. The largest absolute Gasteiger partial charge is 0.496 e. The summed E-state index contributed by atoms with van der Waals surface area (Å²) in [7, 11) is 3.05. The van der Waals surface area contributed by atoms with Crippen LogP contribution in [0.25, 0.3) is 22.2 Å². The van der Waals surface area contributed by atoms with Gasteiger partial charge in [0.25, 0.3) is 0 Å². The van der Waals surface area contributed by atoms with Crippen molar-refractivity contribution in [3.8, 4) is 17.0 Å². The van der Waals surface area contributed by atoms with Crippen LogP contribution in [0.15, 0.2) is 42.6 Å². The Balaban J connectivity index is 2.27. The second kappa shape index (κ2) is 14.9. The number of nitrogens with one attached hydrogen (secondary N) is 1. The lowest BCUT2D eigenvalue weighted by molar-refractivity contribution is -0.118. The van der Waals surface area contributed by atoms with Gasteiger partial charge in [-0.25, -0.2) is 19.1 Å². The zero-order valence-electron chi connectivity index (χ0n) is 28.8. The molecule has 3 aromatic rings. The van der Waals surface area contributed by atoms with Crippen molar-refractivity contribution in [2.75, 3.05) is 20.8 Å². The molecule has 0 fully saturated rings. The predicted molar refractivity (Wildman–Crippen MR) is 177 cm³/mol. The monoisotopic (exact) mass is 636 g/mol. The number of methoxy groups -OCH3 is 2. The molecule has 250 valence electrons. The lowest BCUT2D eigenvalue weighted by atomic mass is 9.94. The van der Waals surface area contributed by atoms with Gasteiger partial charge in [0.1, 0.15) is 34.1 Å². The fraction of sp³-hybridized carbons (Fsp3) is 0.514. The summed E-state index contributed by atoms with van der Waals surface area (Å²) in [6.07, 6.45) is 5.43. The van der Waals surface area contributed by atoms with E-state index in [2.05, 4.69) is 10.3 Å². The Bertz CT molecular complexity index is 1580. The van der Waals surface area contributed by atoms with Crippen molar-refractivity contribution in [3.63, 3.8) is 0 Å². The maximum absolute atomic E-state index is 13.8. The van der Waals surface area contributed by atoms with Crippen molar-refractivity contribution in [2.45, 2.75) is 97.8 Å². The molecule has 0 spiro atoms. The summed E-state index contributed by atoms with van der Waals surface area (Å²) < 4.78 is 24.2. The van der Waals surface area contributed by atoms with Gasteiger partial charge in [-0.3, -0.25) is 9.78 Å². The third kappa shape index (κ3) is 9.62. The summed E-state index contributed by atoms with van der Waals surface area (Å²) in [4.78, 5) is 48.6. The molecule has 1 N–H and O–H groups in total. The van der Waals surface area contributed by atoms with Gasteiger partial charge in [0.05, 0.1) is 24.9 Å². The molecule has 2 aromatic heterocycles. The Morgan fingerprint density at radius 2 is 1.65 bits per heavy atom. The number of hydrogen-bond donors (Lipinski definition) is 1. The summed E-state index contributed by atoms with van der Waals surface area (Å²) in [6.45, 7) is 14.3. The van der Waals surface area contributed by atoms with Crippen LogP contribution in [0.5, 0.6) is 5.75 Å². The summed E-state index contributed by atoms with van der Waals surface area (Å²) in [6, 6.07) is 7.60. The molecule has 1 atom stereocenters. The molecule has 1 unspecified atom stereocenters. The van der Waals surface area contributed by atoms with Gasteiger partial charge in [0.15, 0.2) is 0 Å². The molecule has 3 rings (SSSR count). The average molecular weight is 637 g/mol. The number of rotatable bonds is 12. The number of ketones is 1. The van der Waals surface area contributed by atoms with Crippen LogP contribution in [-0.4, -0.2) is 64.5 Å². The van der Waals surface area contributed by atoms with Gasteiger partial charge in [-0.05, 0) is 73.4 Å². The van der Waals surface area contributed by atoms with Gasteiger partial charge in [-0.1, -0.05) is 25.1 Å². The van der Waals surface area contributed by atoms with Gasteiger partial charge >= 0.3 is 12.2 Å². The van der Waals surface area contributed by atoms with Gasteiger partial charge in [-0.2, -0.15) is 0 Å². The molecule has 0 saturated heterocycles. The highest BCUT2D eigenvalue weighted by molar-refractivity contribution is 5.88. The highest BCUT2D eigenvalue weighted by atomic mass is 16.6. The fourth-order valence-corrected chi connectivity index (χ4v) is 4.85. The third-order valence-electron chi connectivity index (χ3n) is 6.90. The molecule has 0 aliphatic carbocycles. The number of ether oxygens (including phenoxy) is 4. The number of nitrogens with zero attached hydrogens (tertiary/aromatic N) is 3. The normalized spacial score (nSPS) is 13.4. The Morgan fingerprint density at radius 3 is 2.26 bits per heavy atom. The molecular weight excluding hydrogens is 588 g/mol. The van der Waals surface area contributed by atoms with E-state index in [9.17, 15) is 14.4 Å². The first-order valence-electron chi connectivity index (χ1n) is 15.5. The Morgan fingerprint density at radius 1 is 0.957 bits per heavy atom. The van der Waals surface area contributed by atoms with Crippen LogP contribution in [0, 0.1) is 6.92 Å². The quantitative estimate of drug-likeness (QED) is 0.204. The molecule has 2 heterocycles. The number of allylic oxidation sites excluding steroid dienone is 1. The second-order valence-corrected chi connectivity index (χ2v) is 13.2. The standard InChI is InChI=1S/C35H48N4O7/c1-11-25(40)15-13-12-14-18-35(22-43-9,38-31(41)45-33(3,4)5)30-37-28(21-39(30)32(42)46-34(6,7)8)26-19-24-17-16-23(2)36-27(24)20-29(26)44-10/h12,14,16-17,19-21H,11,13,15,18,22H2,1-10H3,(H,38,41)/b14-12+. The highest BCUT2D eigenvalue weighted by Crippen LogP contribution is 2.36. The number of Topliss-reactive ketones (excluding diaryl/α,β-unsaturated/α-hetero) is 1. The minimum absolute atomic E-state index is 0.0677. The van der Waals surface area contributed by atoms with Crippen LogP contribution in [-0.2, 0) is 24.5 Å². The molecule has 11 heteroatoms. The molecule has 1 aromatic carbocycles. The van der Waals surface area contributed by atoms with Crippen molar-refractivity contribution >= 4 is 28.9 Å². The van der Waals surface area contributed by atoms with Crippen molar-refractivity contribution in [1.82, 2.24) is 19.9 Å². The minimum Gasteiger partial charge on any atom is -0.496 e. The maximum atomic E-state index is 13.8. The number of alkyl carbamates (subject to hydrolysis) is 1. The number of imidazole rings is 1. The van der Waals surface area contributed by atoms with E-state index in [-0.39, 0.29) is 24.6 Å². The van der Waals surface area contributed by atoms with Crippen LogP contribution in [0.4, 0.5) is 9.59 Å². The van der Waals surface area contributed by atoms with E-state index in [0.717, 1.165) is 16.6 Å². The minimum atomic E-state index is -1.39. The SMILES string of the molecule is CCC(=O)CC/C=C/CC(COC)(NC(=O)OC(C)(C)C)c1nc(-c2cc3ccc(C)nc3cc2OC)cn1C(=O)OC(C)(C)C. The number of amides is 1. The number of aryl methyl sites for hydroxylation is 1. The first kappa shape index (κ1) is 36.2. The Hall–Kier alpha value is -4.25. The molecule has 0 aliphatic heterocycles. The first-order valence-corrected chi connectivity index (χ1v) is 15.5. The zero-order valence-corrected chi connectivity index (χ0v) is 28.8. The van der Waals surface area contributed by atoms with E-state index in [1.165, 1.54) is 11.7 Å². The molecule has 0 aliphatic rings. The van der Waals surface area contributed by atoms with Crippen LogP contribution >= 0.6 is 0 Å². The van der Waals surface area contributed by atoms with Crippen LogP contribution in [0.3, 0.4) is 0 Å². The van der Waals surface area contributed by atoms with E-state index >= 15 is 0 Å². The zero-order chi connectivity index (χ0) is 34.3. The molecule has 1 amide bonds. The summed E-state index contributed by atoms with van der Waals surface area (Å²) in [5, 5.41) is 3.82. The fourth-order valence-electron chi connectivity index (χ4n) is 4.85. The van der Waals surface area contributed by atoms with E-state index < -0.39 is 28.9 Å². The van der Waals surface area contributed by atoms with Gasteiger partial charge in [0, 0.05) is 48.9 Å².